The van der Waals surface area contributed by atoms with E-state index in [1.54, 1.807) is 11.3 Å². The number of halogens is 1. The first kappa shape index (κ1) is 12.1. The Hall–Kier alpha value is -0.390. The molecule has 1 aromatic carbocycles. The summed E-state index contributed by atoms with van der Waals surface area (Å²) in [6, 6.07) is 11.1. The fourth-order valence-corrected chi connectivity index (χ4v) is 3.26. The summed E-state index contributed by atoms with van der Waals surface area (Å²) < 4.78 is 1.31. The van der Waals surface area contributed by atoms with Crippen LogP contribution in [0, 0.1) is 10.5 Å². The van der Waals surface area contributed by atoms with Gasteiger partial charge in [-0.2, -0.15) is 0 Å². The summed E-state index contributed by atoms with van der Waals surface area (Å²) >= 11 is 4.20. The van der Waals surface area contributed by atoms with Crippen LogP contribution in [0.4, 0.5) is 0 Å². The van der Waals surface area contributed by atoms with Gasteiger partial charge in [0.2, 0.25) is 0 Å². The van der Waals surface area contributed by atoms with Crippen molar-refractivity contribution in [2.45, 2.75) is 13.0 Å². The third-order valence-corrected chi connectivity index (χ3v) is 4.45. The summed E-state index contributed by atoms with van der Waals surface area (Å²) in [5, 5.41) is 5.63. The molecule has 0 aliphatic carbocycles. The van der Waals surface area contributed by atoms with Gasteiger partial charge in [-0.3, -0.25) is 0 Å². The number of aryl methyl sites for hydroxylation is 1. The second kappa shape index (κ2) is 5.29. The molecule has 2 aromatic rings. The molecule has 0 radical (unpaired) electrons. The highest BCUT2D eigenvalue weighted by Gasteiger charge is 2.15. The van der Waals surface area contributed by atoms with Gasteiger partial charge in [-0.1, -0.05) is 18.2 Å². The average molecular weight is 343 g/mol. The van der Waals surface area contributed by atoms with E-state index >= 15 is 0 Å². The Balaban J connectivity index is 2.40. The largest absolute Gasteiger partial charge is 0.309 e. The summed E-state index contributed by atoms with van der Waals surface area (Å²) in [4.78, 5) is 1.36. The molecule has 16 heavy (non-hydrogen) atoms. The third kappa shape index (κ3) is 2.47. The van der Waals surface area contributed by atoms with Crippen molar-refractivity contribution < 1.29 is 0 Å². The minimum atomic E-state index is 0.304. The predicted molar refractivity (Wildman–Crippen MR) is 79.1 cm³/mol. The van der Waals surface area contributed by atoms with Gasteiger partial charge in [-0.05, 0) is 65.2 Å². The second-order valence-corrected chi connectivity index (χ2v) is 6.01. The number of nitrogens with one attached hydrogen (secondary N) is 1. The smallest absolute Gasteiger partial charge is 0.0593 e. The number of benzene rings is 1. The first-order valence-electron chi connectivity index (χ1n) is 5.19. The van der Waals surface area contributed by atoms with E-state index in [1.807, 2.05) is 7.05 Å². The normalized spacial score (nSPS) is 12.7. The molecule has 0 bridgehead atoms. The third-order valence-electron chi connectivity index (χ3n) is 2.59. The maximum absolute atomic E-state index is 3.39. The van der Waals surface area contributed by atoms with Gasteiger partial charge in [0.25, 0.3) is 0 Å². The quantitative estimate of drug-likeness (QED) is 0.832. The zero-order valence-electron chi connectivity index (χ0n) is 9.33. The van der Waals surface area contributed by atoms with E-state index in [0.717, 1.165) is 0 Å². The molecule has 84 valence electrons. The number of hydrogen-bond donors (Lipinski definition) is 1. The lowest BCUT2D eigenvalue weighted by molar-refractivity contribution is 0.691. The van der Waals surface area contributed by atoms with Gasteiger partial charge in [0.15, 0.2) is 0 Å². The zero-order chi connectivity index (χ0) is 11.5. The van der Waals surface area contributed by atoms with Crippen LogP contribution in [0.15, 0.2) is 35.7 Å². The molecule has 1 aromatic heterocycles. The van der Waals surface area contributed by atoms with Gasteiger partial charge < -0.3 is 5.32 Å². The van der Waals surface area contributed by atoms with Crippen molar-refractivity contribution in [2.75, 3.05) is 7.05 Å². The van der Waals surface area contributed by atoms with Gasteiger partial charge >= 0.3 is 0 Å². The molecule has 0 aliphatic heterocycles. The molecule has 1 nitrogen and oxygen atoms in total. The molecule has 2 rings (SSSR count). The van der Waals surface area contributed by atoms with Crippen molar-refractivity contribution >= 4 is 33.9 Å². The van der Waals surface area contributed by atoms with Gasteiger partial charge in [0.1, 0.15) is 0 Å². The Labute approximate surface area is 114 Å². The maximum Gasteiger partial charge on any atom is 0.0593 e. The van der Waals surface area contributed by atoms with E-state index < -0.39 is 0 Å². The molecule has 3 heteroatoms. The lowest BCUT2D eigenvalue weighted by atomic mass is 10.0. The number of thiophene rings is 1. The van der Waals surface area contributed by atoms with Crippen molar-refractivity contribution in [1.29, 1.82) is 0 Å². The van der Waals surface area contributed by atoms with E-state index in [2.05, 4.69) is 70.5 Å². The van der Waals surface area contributed by atoms with Crippen LogP contribution >= 0.6 is 33.9 Å². The van der Waals surface area contributed by atoms with Crippen LogP contribution in [-0.2, 0) is 0 Å². The first-order valence-corrected chi connectivity index (χ1v) is 7.15. The molecule has 0 aliphatic rings. The standard InChI is InChI=1S/C13H14INS/c1-9-7-10(8-16-9)13(15-2)11-5-3-4-6-12(11)14/h3-8,13,15H,1-2H3. The monoisotopic (exact) mass is 343 g/mol. The summed E-state index contributed by atoms with van der Waals surface area (Å²) in [5.74, 6) is 0. The highest BCUT2D eigenvalue weighted by molar-refractivity contribution is 14.1. The second-order valence-electron chi connectivity index (χ2n) is 3.73. The van der Waals surface area contributed by atoms with Crippen LogP contribution in [0.5, 0.6) is 0 Å². The van der Waals surface area contributed by atoms with Crippen LogP contribution in [0.2, 0.25) is 0 Å². The zero-order valence-corrected chi connectivity index (χ0v) is 12.3. The molecule has 0 amide bonds. The van der Waals surface area contributed by atoms with Gasteiger partial charge in [0.05, 0.1) is 6.04 Å². The molecule has 1 N–H and O–H groups in total. The molecule has 1 unspecified atom stereocenters. The molecule has 1 heterocycles. The van der Waals surface area contributed by atoms with E-state index in [-0.39, 0.29) is 0 Å². The fraction of sp³-hybridized carbons (Fsp3) is 0.231. The topological polar surface area (TPSA) is 12.0 Å². The summed E-state index contributed by atoms with van der Waals surface area (Å²) in [7, 11) is 2.01. The molecule has 1 atom stereocenters. The Morgan fingerprint density at radius 3 is 2.62 bits per heavy atom. The van der Waals surface area contributed by atoms with Crippen molar-refractivity contribution in [3.8, 4) is 0 Å². The number of rotatable bonds is 3. The molecule has 0 saturated heterocycles. The molecule has 0 spiro atoms. The Kier molecular flexibility index (Phi) is 4.00. The highest BCUT2D eigenvalue weighted by atomic mass is 127. The summed E-state index contributed by atoms with van der Waals surface area (Å²) in [6.45, 7) is 2.15. The summed E-state index contributed by atoms with van der Waals surface area (Å²) in [6.07, 6.45) is 0. The van der Waals surface area contributed by atoms with Crippen LogP contribution in [0.25, 0.3) is 0 Å². The summed E-state index contributed by atoms with van der Waals surface area (Å²) in [5.41, 5.74) is 2.71. The Morgan fingerprint density at radius 2 is 2.06 bits per heavy atom. The minimum Gasteiger partial charge on any atom is -0.309 e. The van der Waals surface area contributed by atoms with Crippen LogP contribution < -0.4 is 5.32 Å². The predicted octanol–water partition coefficient (Wildman–Crippen LogP) is 3.97. The minimum absolute atomic E-state index is 0.304. The fourth-order valence-electron chi connectivity index (χ4n) is 1.83. The van der Waals surface area contributed by atoms with E-state index in [9.17, 15) is 0 Å². The SMILES string of the molecule is CNC(c1csc(C)c1)c1ccccc1I. The van der Waals surface area contributed by atoms with E-state index in [0.29, 0.717) is 6.04 Å². The molecule has 0 saturated carbocycles. The molecular formula is C13H14INS. The number of hydrogen-bond acceptors (Lipinski definition) is 2. The van der Waals surface area contributed by atoms with Crippen LogP contribution in [-0.4, -0.2) is 7.05 Å². The molecule has 0 fully saturated rings. The highest BCUT2D eigenvalue weighted by Crippen LogP contribution is 2.28. The first-order chi connectivity index (χ1) is 7.72. The van der Waals surface area contributed by atoms with E-state index in [1.165, 1.54) is 19.6 Å². The average Bonchev–Trinajstić information content (AvgIpc) is 2.69. The van der Waals surface area contributed by atoms with Crippen LogP contribution in [0.1, 0.15) is 22.0 Å². The molecular weight excluding hydrogens is 329 g/mol. The van der Waals surface area contributed by atoms with E-state index in [4.69, 9.17) is 0 Å². The van der Waals surface area contributed by atoms with Gasteiger partial charge in [-0.15, -0.1) is 11.3 Å². The van der Waals surface area contributed by atoms with Crippen molar-refractivity contribution in [3.63, 3.8) is 0 Å². The van der Waals surface area contributed by atoms with Crippen LogP contribution in [0.3, 0.4) is 0 Å². The van der Waals surface area contributed by atoms with Crippen molar-refractivity contribution in [3.05, 3.63) is 55.3 Å². The lowest BCUT2D eigenvalue weighted by Gasteiger charge is -2.17. The Morgan fingerprint density at radius 1 is 1.31 bits per heavy atom. The Bertz CT molecular complexity index is 478. The van der Waals surface area contributed by atoms with Crippen molar-refractivity contribution in [2.24, 2.45) is 0 Å². The maximum atomic E-state index is 3.39. The van der Waals surface area contributed by atoms with Gasteiger partial charge in [0, 0.05) is 8.45 Å². The van der Waals surface area contributed by atoms with Gasteiger partial charge in [-0.25, -0.2) is 0 Å². The van der Waals surface area contributed by atoms with Crippen molar-refractivity contribution in [1.82, 2.24) is 5.32 Å². The lowest BCUT2D eigenvalue weighted by Crippen LogP contribution is -2.18.